The summed E-state index contributed by atoms with van der Waals surface area (Å²) in [5, 5.41) is 19.6. The van der Waals surface area contributed by atoms with Crippen molar-refractivity contribution >= 4 is 14.5 Å². The van der Waals surface area contributed by atoms with Crippen molar-refractivity contribution in [3.05, 3.63) is 0 Å². The number of rotatable bonds is 1. The maximum Gasteiger partial charge on any atom is 0.349 e. The monoisotopic (exact) mass is 344 g/mol. The standard InChI is InChI=1S/C16H28O6Si/c1-15(2,3)23(16(4,5)6)20-7-8-12(22-23)11(17)9-10(14(18)19)13(9)21-8/h8-13,17H,7H2,1-6H3,(H,18,19)/t8-,9+,10-,11-,12-,13?/m1/s1. The molecule has 0 amide bonds. The third-order valence-corrected chi connectivity index (χ3v) is 10.6. The van der Waals surface area contributed by atoms with Gasteiger partial charge in [0.05, 0.1) is 24.7 Å². The Morgan fingerprint density at radius 3 is 2.13 bits per heavy atom. The molecule has 0 aromatic carbocycles. The molecule has 6 atom stereocenters. The van der Waals surface area contributed by atoms with Gasteiger partial charge in [0.2, 0.25) is 0 Å². The summed E-state index contributed by atoms with van der Waals surface area (Å²) in [6.45, 7) is 13.0. The fraction of sp³-hybridized carbons (Fsp3) is 0.938. The Hall–Kier alpha value is -0.473. The normalized spacial score (nSPS) is 42.6. The minimum absolute atomic E-state index is 0.178. The SMILES string of the molecule is CC(C)(C)[Si]1(C(C)(C)C)OC[C@H]2OC3[C@H]([C@@H](O)[C@@H]2O1)[C@H]3C(=O)O. The van der Waals surface area contributed by atoms with E-state index in [9.17, 15) is 15.0 Å². The summed E-state index contributed by atoms with van der Waals surface area (Å²) in [4.78, 5) is 11.3. The van der Waals surface area contributed by atoms with Crippen molar-refractivity contribution in [3.63, 3.8) is 0 Å². The number of ether oxygens (including phenoxy) is 1. The van der Waals surface area contributed by atoms with Gasteiger partial charge in [-0.25, -0.2) is 0 Å². The number of carbonyl (C=O) groups is 1. The lowest BCUT2D eigenvalue weighted by molar-refractivity contribution is -0.179. The Bertz CT molecular complexity index is 494. The van der Waals surface area contributed by atoms with Gasteiger partial charge in [0, 0.05) is 16.0 Å². The lowest BCUT2D eigenvalue weighted by Crippen LogP contribution is -2.68. The van der Waals surface area contributed by atoms with E-state index in [-0.39, 0.29) is 22.1 Å². The highest BCUT2D eigenvalue weighted by atomic mass is 28.4. The molecule has 2 N–H and O–H groups in total. The van der Waals surface area contributed by atoms with Gasteiger partial charge in [-0.1, -0.05) is 41.5 Å². The fourth-order valence-electron chi connectivity index (χ4n) is 4.53. The first-order valence-corrected chi connectivity index (χ1v) is 10.1. The summed E-state index contributed by atoms with van der Waals surface area (Å²) in [5.41, 5.74) is 0. The van der Waals surface area contributed by atoms with Crippen LogP contribution in [0.5, 0.6) is 0 Å². The maximum atomic E-state index is 11.3. The molecule has 2 saturated heterocycles. The molecule has 1 aliphatic carbocycles. The van der Waals surface area contributed by atoms with E-state index in [0.29, 0.717) is 6.61 Å². The summed E-state index contributed by atoms with van der Waals surface area (Å²) in [5.74, 6) is -1.90. The fourth-order valence-corrected chi connectivity index (χ4v) is 9.49. The Balaban J connectivity index is 1.89. The first-order chi connectivity index (χ1) is 10.4. The van der Waals surface area contributed by atoms with E-state index in [1.807, 2.05) is 0 Å². The van der Waals surface area contributed by atoms with E-state index in [1.54, 1.807) is 0 Å². The van der Waals surface area contributed by atoms with Crippen molar-refractivity contribution in [3.8, 4) is 0 Å². The molecule has 0 spiro atoms. The van der Waals surface area contributed by atoms with Crippen LogP contribution in [0, 0.1) is 11.8 Å². The van der Waals surface area contributed by atoms with E-state index in [1.165, 1.54) is 0 Å². The van der Waals surface area contributed by atoms with Gasteiger partial charge in [-0.05, 0) is 0 Å². The van der Waals surface area contributed by atoms with Gasteiger partial charge in [0.15, 0.2) is 0 Å². The zero-order valence-corrected chi connectivity index (χ0v) is 15.7. The summed E-state index contributed by atoms with van der Waals surface area (Å²) in [6, 6.07) is 0. The number of carboxylic acid groups (broad SMARTS) is 1. The molecule has 7 heteroatoms. The molecule has 23 heavy (non-hydrogen) atoms. The second-order valence-electron chi connectivity index (χ2n) is 9.08. The largest absolute Gasteiger partial charge is 0.481 e. The minimum atomic E-state index is -2.68. The van der Waals surface area contributed by atoms with Crippen LogP contribution in [-0.4, -0.2) is 55.8 Å². The van der Waals surface area contributed by atoms with Crippen LogP contribution in [0.25, 0.3) is 0 Å². The van der Waals surface area contributed by atoms with Crippen molar-refractivity contribution in [2.45, 2.75) is 76.0 Å². The molecule has 2 aliphatic heterocycles. The molecular weight excluding hydrogens is 316 g/mol. The number of aliphatic hydroxyl groups is 1. The van der Waals surface area contributed by atoms with Gasteiger partial charge >= 0.3 is 14.5 Å². The maximum absolute atomic E-state index is 11.3. The van der Waals surface area contributed by atoms with Crippen LogP contribution in [0.2, 0.25) is 10.1 Å². The van der Waals surface area contributed by atoms with Crippen molar-refractivity contribution < 1.29 is 28.6 Å². The number of hydrogen-bond acceptors (Lipinski definition) is 5. The van der Waals surface area contributed by atoms with Crippen molar-refractivity contribution in [1.82, 2.24) is 0 Å². The van der Waals surface area contributed by atoms with E-state index in [2.05, 4.69) is 41.5 Å². The Kier molecular flexibility index (Phi) is 3.78. The van der Waals surface area contributed by atoms with Crippen molar-refractivity contribution in [2.24, 2.45) is 11.8 Å². The van der Waals surface area contributed by atoms with Gasteiger partial charge in [-0.15, -0.1) is 0 Å². The van der Waals surface area contributed by atoms with E-state index < -0.39 is 38.8 Å². The average Bonchev–Trinajstić information content (AvgIpc) is 3.10. The van der Waals surface area contributed by atoms with Crippen LogP contribution in [0.3, 0.4) is 0 Å². The molecule has 0 bridgehead atoms. The molecular formula is C16H28O6Si. The molecule has 0 aromatic rings. The van der Waals surface area contributed by atoms with Crippen LogP contribution < -0.4 is 0 Å². The molecule has 6 nitrogen and oxygen atoms in total. The van der Waals surface area contributed by atoms with Crippen LogP contribution in [0.4, 0.5) is 0 Å². The van der Waals surface area contributed by atoms with Crippen molar-refractivity contribution in [2.75, 3.05) is 6.61 Å². The van der Waals surface area contributed by atoms with Crippen LogP contribution in [0.15, 0.2) is 0 Å². The molecule has 132 valence electrons. The van der Waals surface area contributed by atoms with E-state index >= 15 is 0 Å². The molecule has 1 saturated carbocycles. The Morgan fingerprint density at radius 2 is 1.65 bits per heavy atom. The first kappa shape index (κ1) is 17.4. The summed E-state index contributed by atoms with van der Waals surface area (Å²) < 4.78 is 18.7. The third kappa shape index (κ3) is 2.40. The van der Waals surface area contributed by atoms with Gasteiger partial charge < -0.3 is 23.8 Å². The molecule has 3 fully saturated rings. The van der Waals surface area contributed by atoms with Crippen LogP contribution >= 0.6 is 0 Å². The minimum Gasteiger partial charge on any atom is -0.481 e. The molecule has 3 aliphatic rings. The summed E-state index contributed by atoms with van der Waals surface area (Å²) in [6.07, 6.45) is -2.10. The van der Waals surface area contributed by atoms with Crippen LogP contribution in [0.1, 0.15) is 41.5 Å². The predicted molar refractivity (Wildman–Crippen MR) is 85.3 cm³/mol. The second kappa shape index (κ2) is 5.02. The second-order valence-corrected chi connectivity index (χ2v) is 13.8. The molecule has 1 unspecified atom stereocenters. The highest BCUT2D eigenvalue weighted by molar-refractivity contribution is 6.73. The Morgan fingerprint density at radius 1 is 1.09 bits per heavy atom. The molecule has 2 heterocycles. The number of hydrogen-bond donors (Lipinski definition) is 2. The lowest BCUT2D eigenvalue weighted by Gasteiger charge is -2.56. The zero-order chi connectivity index (χ0) is 17.4. The Labute approximate surface area is 138 Å². The smallest absolute Gasteiger partial charge is 0.349 e. The van der Waals surface area contributed by atoms with Gasteiger partial charge in [0.25, 0.3) is 0 Å². The van der Waals surface area contributed by atoms with Gasteiger partial charge in [-0.2, -0.15) is 0 Å². The summed E-state index contributed by atoms with van der Waals surface area (Å²) >= 11 is 0. The van der Waals surface area contributed by atoms with Crippen LogP contribution in [-0.2, 0) is 18.4 Å². The first-order valence-electron chi connectivity index (χ1n) is 8.29. The molecule has 0 radical (unpaired) electrons. The quantitative estimate of drug-likeness (QED) is 0.707. The number of fused-ring (bicyclic) bond motifs is 2. The topological polar surface area (TPSA) is 85.2 Å². The lowest BCUT2D eigenvalue weighted by atomic mass is 10.0. The van der Waals surface area contributed by atoms with Gasteiger partial charge in [0.1, 0.15) is 12.2 Å². The average molecular weight is 344 g/mol. The highest BCUT2D eigenvalue weighted by Crippen LogP contribution is 2.58. The molecule has 0 aromatic heterocycles. The number of carboxylic acids is 1. The van der Waals surface area contributed by atoms with E-state index in [0.717, 1.165) is 0 Å². The summed E-state index contributed by atoms with van der Waals surface area (Å²) in [7, 11) is -2.68. The molecule has 3 rings (SSSR count). The zero-order valence-electron chi connectivity index (χ0n) is 14.7. The predicted octanol–water partition coefficient (Wildman–Crippen LogP) is 1.90. The van der Waals surface area contributed by atoms with Crippen molar-refractivity contribution in [1.29, 1.82) is 0 Å². The number of aliphatic carboxylic acids is 1. The van der Waals surface area contributed by atoms with Gasteiger partial charge in [-0.3, -0.25) is 4.79 Å². The third-order valence-electron chi connectivity index (χ3n) is 5.45. The highest BCUT2D eigenvalue weighted by Gasteiger charge is 2.70. The number of aliphatic hydroxyl groups excluding tert-OH is 1. The van der Waals surface area contributed by atoms with E-state index in [4.69, 9.17) is 13.6 Å².